The molecule has 0 amide bonds. The molecule has 0 N–H and O–H groups in total. The van der Waals surface area contributed by atoms with E-state index in [2.05, 4.69) is 30.0 Å². The molecule has 2 aromatic carbocycles. The van der Waals surface area contributed by atoms with Gasteiger partial charge in [0.2, 0.25) is 0 Å². The molecule has 1 fully saturated rings. The van der Waals surface area contributed by atoms with Crippen molar-refractivity contribution in [1.82, 2.24) is 4.90 Å². The van der Waals surface area contributed by atoms with E-state index in [0.717, 1.165) is 24.2 Å². The molecule has 0 aromatic heterocycles. The highest BCUT2D eigenvalue weighted by Crippen LogP contribution is 2.41. The molecule has 0 bridgehead atoms. The molecule has 29 heavy (non-hydrogen) atoms. The Balaban J connectivity index is 2.03. The van der Waals surface area contributed by atoms with Gasteiger partial charge in [-0.2, -0.15) is 5.26 Å². The molecule has 1 aliphatic heterocycles. The highest BCUT2D eigenvalue weighted by molar-refractivity contribution is 6.30. The minimum Gasteiger partial charge on any atom is -0.462 e. The van der Waals surface area contributed by atoms with Crippen molar-refractivity contribution in [2.24, 2.45) is 0 Å². The van der Waals surface area contributed by atoms with Gasteiger partial charge in [-0.25, -0.2) is 4.79 Å². The van der Waals surface area contributed by atoms with Crippen molar-refractivity contribution in [2.75, 3.05) is 19.7 Å². The van der Waals surface area contributed by atoms with Gasteiger partial charge < -0.3 is 4.74 Å². The van der Waals surface area contributed by atoms with E-state index < -0.39 is 11.4 Å². The average Bonchev–Trinajstić information content (AvgIpc) is 2.71. The van der Waals surface area contributed by atoms with Crippen molar-refractivity contribution in [3.05, 3.63) is 81.9 Å². The van der Waals surface area contributed by atoms with Gasteiger partial charge in [0.1, 0.15) is 11.6 Å². The van der Waals surface area contributed by atoms with Crippen LogP contribution in [0.3, 0.4) is 0 Å². The third kappa shape index (κ3) is 4.70. The summed E-state index contributed by atoms with van der Waals surface area (Å²) in [6.07, 6.45) is 0.623. The summed E-state index contributed by atoms with van der Waals surface area (Å²) in [6, 6.07) is 20.1. The number of esters is 1. The van der Waals surface area contributed by atoms with E-state index in [1.807, 2.05) is 42.5 Å². The monoisotopic (exact) mass is 408 g/mol. The molecule has 0 radical (unpaired) electrons. The first-order chi connectivity index (χ1) is 14.0. The van der Waals surface area contributed by atoms with Crippen LogP contribution in [-0.2, 0) is 21.5 Å². The van der Waals surface area contributed by atoms with Crippen molar-refractivity contribution < 1.29 is 9.53 Å². The summed E-state index contributed by atoms with van der Waals surface area (Å²) in [6.45, 7) is 6.34. The summed E-state index contributed by atoms with van der Waals surface area (Å²) in [4.78, 5) is 14.9. The lowest BCUT2D eigenvalue weighted by Gasteiger charge is -2.43. The maximum atomic E-state index is 12.5. The predicted octanol–water partition coefficient (Wildman–Crippen LogP) is 4.89. The first kappa shape index (κ1) is 21.1. The van der Waals surface area contributed by atoms with Crippen LogP contribution in [0.25, 0.3) is 0 Å². The zero-order valence-corrected chi connectivity index (χ0v) is 17.6. The van der Waals surface area contributed by atoms with Crippen LogP contribution < -0.4 is 0 Å². The van der Waals surface area contributed by atoms with Crippen LogP contribution in [0.5, 0.6) is 0 Å². The third-order valence-corrected chi connectivity index (χ3v) is 5.72. The Labute approximate surface area is 177 Å². The summed E-state index contributed by atoms with van der Waals surface area (Å²) >= 11 is 6.28. The van der Waals surface area contributed by atoms with Crippen molar-refractivity contribution in [2.45, 2.75) is 32.2 Å². The second-order valence-electron chi connectivity index (χ2n) is 7.47. The van der Waals surface area contributed by atoms with Gasteiger partial charge in [0.25, 0.3) is 0 Å². The van der Waals surface area contributed by atoms with Gasteiger partial charge in [-0.05, 0) is 42.2 Å². The number of likely N-dealkylation sites (tertiary alicyclic amines) is 1. The number of halogens is 1. The standard InChI is InChI=1S/C24H25ClN2O2/c1-3-29-23(28)21(15-26)22-12-13-27(16-18-8-5-4-6-9-18)17-24(22,2)19-10-7-11-20(25)14-19/h4-11,14H,3,12-13,16-17H2,1-2H3/b22-21-. The molecule has 150 valence electrons. The number of carbonyl (C=O) groups excluding carboxylic acids is 1. The van der Waals surface area contributed by atoms with E-state index >= 15 is 0 Å². The topological polar surface area (TPSA) is 53.3 Å². The van der Waals surface area contributed by atoms with Gasteiger partial charge in [0.05, 0.1) is 6.61 Å². The normalized spacial score (nSPS) is 21.3. The number of benzene rings is 2. The van der Waals surface area contributed by atoms with Crippen LogP contribution >= 0.6 is 11.6 Å². The summed E-state index contributed by atoms with van der Waals surface area (Å²) in [7, 11) is 0. The van der Waals surface area contributed by atoms with E-state index in [9.17, 15) is 10.1 Å². The molecule has 0 aliphatic carbocycles. The lowest BCUT2D eigenvalue weighted by atomic mass is 9.70. The van der Waals surface area contributed by atoms with Crippen molar-refractivity contribution in [1.29, 1.82) is 5.26 Å². The second kappa shape index (κ2) is 9.26. The minimum atomic E-state index is -0.547. The molecule has 1 unspecified atom stereocenters. The molecule has 0 spiro atoms. The second-order valence-corrected chi connectivity index (χ2v) is 7.91. The maximum Gasteiger partial charge on any atom is 0.348 e. The fourth-order valence-corrected chi connectivity index (χ4v) is 4.27. The fraction of sp³-hybridized carbons (Fsp3) is 0.333. The molecule has 1 heterocycles. The smallest absolute Gasteiger partial charge is 0.348 e. The SMILES string of the molecule is CCOC(=O)/C(C#N)=C1/CCN(Cc2ccccc2)CC1(C)c1cccc(Cl)c1. The zero-order chi connectivity index (χ0) is 20.9. The first-order valence-corrected chi connectivity index (χ1v) is 10.2. The lowest BCUT2D eigenvalue weighted by molar-refractivity contribution is -0.138. The number of rotatable bonds is 5. The summed E-state index contributed by atoms with van der Waals surface area (Å²) in [5.74, 6) is -0.547. The molecule has 0 saturated carbocycles. The number of ether oxygens (including phenoxy) is 1. The molecular formula is C24H25ClN2O2. The summed E-state index contributed by atoms with van der Waals surface area (Å²) in [5, 5.41) is 10.4. The van der Waals surface area contributed by atoms with Crippen molar-refractivity contribution in [3.8, 4) is 6.07 Å². The first-order valence-electron chi connectivity index (χ1n) is 9.81. The Morgan fingerprint density at radius 1 is 1.24 bits per heavy atom. The molecule has 4 nitrogen and oxygen atoms in total. The predicted molar refractivity (Wildman–Crippen MR) is 114 cm³/mol. The molecule has 3 rings (SSSR count). The van der Waals surface area contributed by atoms with Crippen LogP contribution in [0.1, 0.15) is 31.4 Å². The van der Waals surface area contributed by atoms with Crippen molar-refractivity contribution >= 4 is 17.6 Å². The average molecular weight is 409 g/mol. The number of hydrogen-bond donors (Lipinski definition) is 0. The number of hydrogen-bond acceptors (Lipinski definition) is 4. The number of nitrogens with zero attached hydrogens (tertiary/aromatic N) is 2. The number of carbonyl (C=O) groups is 1. The van der Waals surface area contributed by atoms with E-state index in [-0.39, 0.29) is 12.2 Å². The molecule has 1 aliphatic rings. The number of nitriles is 1. The van der Waals surface area contributed by atoms with Gasteiger partial charge in [0, 0.05) is 30.1 Å². The van der Waals surface area contributed by atoms with Crippen LogP contribution in [-0.4, -0.2) is 30.6 Å². The lowest BCUT2D eigenvalue weighted by Crippen LogP contribution is -2.46. The zero-order valence-electron chi connectivity index (χ0n) is 16.8. The van der Waals surface area contributed by atoms with E-state index in [0.29, 0.717) is 18.0 Å². The van der Waals surface area contributed by atoms with Crippen LogP contribution in [0.4, 0.5) is 0 Å². The van der Waals surface area contributed by atoms with Crippen LogP contribution in [0.2, 0.25) is 5.02 Å². The fourth-order valence-electron chi connectivity index (χ4n) is 4.08. The van der Waals surface area contributed by atoms with Crippen LogP contribution in [0, 0.1) is 11.3 Å². The van der Waals surface area contributed by atoms with Gasteiger partial charge in [-0.15, -0.1) is 0 Å². The highest BCUT2D eigenvalue weighted by Gasteiger charge is 2.40. The summed E-state index contributed by atoms with van der Waals surface area (Å²) < 4.78 is 5.16. The Hall–Kier alpha value is -2.61. The van der Waals surface area contributed by atoms with Gasteiger partial charge in [0.15, 0.2) is 0 Å². The largest absolute Gasteiger partial charge is 0.462 e. The quantitative estimate of drug-likeness (QED) is 0.401. The Morgan fingerprint density at radius 3 is 2.66 bits per heavy atom. The molecule has 5 heteroatoms. The molecular weight excluding hydrogens is 384 g/mol. The van der Waals surface area contributed by atoms with Crippen molar-refractivity contribution in [3.63, 3.8) is 0 Å². The molecule has 1 atom stereocenters. The Morgan fingerprint density at radius 2 is 2.00 bits per heavy atom. The number of piperidine rings is 1. The van der Waals surface area contributed by atoms with E-state index in [4.69, 9.17) is 16.3 Å². The van der Waals surface area contributed by atoms with Gasteiger partial charge in [-0.3, -0.25) is 4.90 Å². The minimum absolute atomic E-state index is 0.119. The van der Waals surface area contributed by atoms with Gasteiger partial charge in [-0.1, -0.05) is 61.0 Å². The van der Waals surface area contributed by atoms with Crippen LogP contribution in [0.15, 0.2) is 65.7 Å². The van der Waals surface area contributed by atoms with E-state index in [1.165, 1.54) is 5.56 Å². The Kier molecular flexibility index (Phi) is 6.74. The van der Waals surface area contributed by atoms with E-state index in [1.54, 1.807) is 6.92 Å². The summed E-state index contributed by atoms with van der Waals surface area (Å²) in [5.41, 5.74) is 2.66. The maximum absolute atomic E-state index is 12.5. The Bertz CT molecular complexity index is 949. The molecule has 1 saturated heterocycles. The highest BCUT2D eigenvalue weighted by atomic mass is 35.5. The third-order valence-electron chi connectivity index (χ3n) is 5.49. The van der Waals surface area contributed by atoms with Gasteiger partial charge >= 0.3 is 5.97 Å². The molecule has 2 aromatic rings.